The van der Waals surface area contributed by atoms with Crippen molar-refractivity contribution >= 4 is 17.1 Å². The van der Waals surface area contributed by atoms with Crippen LogP contribution in [0.15, 0.2) is 36.7 Å². The van der Waals surface area contributed by atoms with Crippen molar-refractivity contribution in [1.82, 2.24) is 4.98 Å². The average molecular weight is 266 g/mol. The van der Waals surface area contributed by atoms with Crippen LogP contribution in [0.3, 0.4) is 0 Å². The third-order valence-electron chi connectivity index (χ3n) is 2.96. The SMILES string of the molecule is CCCNc1cncc(Nc2cc(C#N)ccc2C)c1. The van der Waals surface area contributed by atoms with Gasteiger partial charge in [0.2, 0.25) is 0 Å². The molecule has 0 saturated carbocycles. The molecule has 2 aromatic rings. The van der Waals surface area contributed by atoms with E-state index in [-0.39, 0.29) is 0 Å². The van der Waals surface area contributed by atoms with Crippen molar-refractivity contribution < 1.29 is 0 Å². The van der Waals surface area contributed by atoms with Crippen molar-refractivity contribution in [2.24, 2.45) is 0 Å². The zero-order valence-corrected chi connectivity index (χ0v) is 11.8. The van der Waals surface area contributed by atoms with E-state index in [0.29, 0.717) is 5.56 Å². The Hall–Kier alpha value is -2.54. The molecule has 4 heteroatoms. The molecule has 0 fully saturated rings. The molecule has 2 N–H and O–H groups in total. The molecule has 4 nitrogen and oxygen atoms in total. The summed E-state index contributed by atoms with van der Waals surface area (Å²) in [5.41, 5.74) is 4.57. The normalized spacial score (nSPS) is 9.85. The maximum atomic E-state index is 8.96. The molecule has 20 heavy (non-hydrogen) atoms. The Bertz CT molecular complexity index is 629. The first kappa shape index (κ1) is 13.9. The van der Waals surface area contributed by atoms with E-state index in [4.69, 9.17) is 5.26 Å². The van der Waals surface area contributed by atoms with Crippen molar-refractivity contribution in [1.29, 1.82) is 5.26 Å². The number of aromatic nitrogens is 1. The Morgan fingerprint density at radius 1 is 1.20 bits per heavy atom. The number of pyridine rings is 1. The number of hydrogen-bond acceptors (Lipinski definition) is 4. The van der Waals surface area contributed by atoms with Gasteiger partial charge in [0, 0.05) is 12.2 Å². The minimum absolute atomic E-state index is 0.645. The molecule has 0 atom stereocenters. The summed E-state index contributed by atoms with van der Waals surface area (Å²) in [7, 11) is 0. The molecule has 1 aromatic carbocycles. The molecule has 0 aliphatic carbocycles. The summed E-state index contributed by atoms with van der Waals surface area (Å²) in [6.07, 6.45) is 4.65. The number of hydrogen-bond donors (Lipinski definition) is 2. The van der Waals surface area contributed by atoms with Gasteiger partial charge in [0.25, 0.3) is 0 Å². The van der Waals surface area contributed by atoms with Crippen molar-refractivity contribution in [3.05, 3.63) is 47.8 Å². The summed E-state index contributed by atoms with van der Waals surface area (Å²) in [5.74, 6) is 0. The molecule has 0 aliphatic heterocycles. The number of nitriles is 1. The minimum atomic E-state index is 0.645. The van der Waals surface area contributed by atoms with Gasteiger partial charge in [0.05, 0.1) is 35.4 Å². The first-order chi connectivity index (χ1) is 9.72. The molecular formula is C16H18N4. The van der Waals surface area contributed by atoms with Crippen LogP contribution in [0.2, 0.25) is 0 Å². The van der Waals surface area contributed by atoms with Gasteiger partial charge in [-0.05, 0) is 37.1 Å². The summed E-state index contributed by atoms with van der Waals surface area (Å²) in [6.45, 7) is 5.06. The number of nitrogens with one attached hydrogen (secondary N) is 2. The Morgan fingerprint density at radius 3 is 2.75 bits per heavy atom. The van der Waals surface area contributed by atoms with E-state index in [1.165, 1.54) is 0 Å². The predicted octanol–water partition coefficient (Wildman–Crippen LogP) is 3.83. The van der Waals surface area contributed by atoms with Crippen molar-refractivity contribution in [2.45, 2.75) is 20.3 Å². The maximum absolute atomic E-state index is 8.96. The molecule has 102 valence electrons. The van der Waals surface area contributed by atoms with Crippen LogP contribution in [-0.2, 0) is 0 Å². The van der Waals surface area contributed by atoms with Crippen molar-refractivity contribution in [3.63, 3.8) is 0 Å². The first-order valence-corrected chi connectivity index (χ1v) is 6.69. The highest BCUT2D eigenvalue weighted by Gasteiger charge is 2.02. The third-order valence-corrected chi connectivity index (χ3v) is 2.96. The monoisotopic (exact) mass is 266 g/mol. The summed E-state index contributed by atoms with van der Waals surface area (Å²) in [4.78, 5) is 4.22. The fourth-order valence-electron chi connectivity index (χ4n) is 1.86. The lowest BCUT2D eigenvalue weighted by Crippen LogP contribution is -2.01. The zero-order chi connectivity index (χ0) is 14.4. The van der Waals surface area contributed by atoms with Crippen LogP contribution in [0.25, 0.3) is 0 Å². The fraction of sp³-hybridized carbons (Fsp3) is 0.250. The van der Waals surface area contributed by atoms with Crippen molar-refractivity contribution in [2.75, 3.05) is 17.2 Å². The molecule has 0 unspecified atom stereocenters. The van der Waals surface area contributed by atoms with Gasteiger partial charge in [0.15, 0.2) is 0 Å². The third kappa shape index (κ3) is 3.48. The summed E-state index contributed by atoms with van der Waals surface area (Å²) in [5, 5.41) is 15.6. The van der Waals surface area contributed by atoms with Crippen molar-refractivity contribution in [3.8, 4) is 6.07 Å². The zero-order valence-electron chi connectivity index (χ0n) is 11.8. The topological polar surface area (TPSA) is 60.7 Å². The number of benzene rings is 1. The number of anilines is 3. The largest absolute Gasteiger partial charge is 0.384 e. The lowest BCUT2D eigenvalue weighted by molar-refractivity contribution is 0.978. The fourth-order valence-corrected chi connectivity index (χ4v) is 1.86. The second kappa shape index (κ2) is 6.58. The Morgan fingerprint density at radius 2 is 2.00 bits per heavy atom. The smallest absolute Gasteiger partial charge is 0.0992 e. The summed E-state index contributed by atoms with van der Waals surface area (Å²) in [6, 6.07) is 9.77. The van der Waals surface area contributed by atoms with E-state index in [1.807, 2.05) is 31.2 Å². The average Bonchev–Trinajstić information content (AvgIpc) is 2.48. The van der Waals surface area contributed by atoms with Gasteiger partial charge >= 0.3 is 0 Å². The van der Waals surface area contributed by atoms with E-state index < -0.39 is 0 Å². The van der Waals surface area contributed by atoms with Gasteiger partial charge in [-0.1, -0.05) is 13.0 Å². The van der Waals surface area contributed by atoms with Crippen LogP contribution in [-0.4, -0.2) is 11.5 Å². The number of rotatable bonds is 5. The highest BCUT2D eigenvalue weighted by molar-refractivity contribution is 5.66. The van der Waals surface area contributed by atoms with Crippen LogP contribution in [0, 0.1) is 18.3 Å². The van der Waals surface area contributed by atoms with Crippen LogP contribution in [0.4, 0.5) is 17.1 Å². The van der Waals surface area contributed by atoms with Gasteiger partial charge < -0.3 is 10.6 Å². The predicted molar refractivity (Wildman–Crippen MR) is 82.2 cm³/mol. The van der Waals surface area contributed by atoms with Gasteiger partial charge in [-0.3, -0.25) is 4.98 Å². The minimum Gasteiger partial charge on any atom is -0.384 e. The van der Waals surface area contributed by atoms with Gasteiger partial charge in [-0.15, -0.1) is 0 Å². The van der Waals surface area contributed by atoms with Gasteiger partial charge in [-0.25, -0.2) is 0 Å². The molecule has 1 aromatic heterocycles. The van der Waals surface area contributed by atoms with E-state index in [0.717, 1.165) is 35.6 Å². The number of aryl methyl sites for hydroxylation is 1. The van der Waals surface area contributed by atoms with E-state index >= 15 is 0 Å². The standard InChI is InChI=1S/C16H18N4/c1-3-6-19-14-8-15(11-18-10-14)20-16-7-13(9-17)5-4-12(16)2/h4-5,7-8,10-11,19-20H,3,6H2,1-2H3. The molecule has 0 spiro atoms. The van der Waals surface area contributed by atoms with E-state index in [1.54, 1.807) is 12.4 Å². The summed E-state index contributed by atoms with van der Waals surface area (Å²) < 4.78 is 0. The molecule has 1 heterocycles. The molecule has 0 amide bonds. The lowest BCUT2D eigenvalue weighted by atomic mass is 10.1. The molecule has 2 rings (SSSR count). The maximum Gasteiger partial charge on any atom is 0.0992 e. The quantitative estimate of drug-likeness (QED) is 0.863. The van der Waals surface area contributed by atoms with Crippen LogP contribution >= 0.6 is 0 Å². The lowest BCUT2D eigenvalue weighted by Gasteiger charge is -2.11. The Labute approximate surface area is 119 Å². The molecule has 0 bridgehead atoms. The first-order valence-electron chi connectivity index (χ1n) is 6.69. The number of nitrogens with zero attached hydrogens (tertiary/aromatic N) is 2. The molecule has 0 aliphatic rings. The van der Waals surface area contributed by atoms with E-state index in [2.05, 4.69) is 28.6 Å². The van der Waals surface area contributed by atoms with Crippen LogP contribution in [0.1, 0.15) is 24.5 Å². The van der Waals surface area contributed by atoms with Gasteiger partial charge in [-0.2, -0.15) is 5.26 Å². The van der Waals surface area contributed by atoms with Crippen LogP contribution < -0.4 is 10.6 Å². The molecular weight excluding hydrogens is 248 g/mol. The molecule has 0 saturated heterocycles. The van der Waals surface area contributed by atoms with Crippen LogP contribution in [0.5, 0.6) is 0 Å². The van der Waals surface area contributed by atoms with E-state index in [9.17, 15) is 0 Å². The van der Waals surface area contributed by atoms with Gasteiger partial charge in [0.1, 0.15) is 0 Å². The summed E-state index contributed by atoms with van der Waals surface area (Å²) >= 11 is 0. The second-order valence-electron chi connectivity index (χ2n) is 4.66. The molecule has 0 radical (unpaired) electrons. The highest BCUT2D eigenvalue weighted by atomic mass is 14.9. The Kier molecular flexibility index (Phi) is 4.56. The second-order valence-corrected chi connectivity index (χ2v) is 4.66. The Balaban J connectivity index is 2.19. The highest BCUT2D eigenvalue weighted by Crippen LogP contribution is 2.23.